The van der Waals surface area contributed by atoms with Crippen LogP contribution in [-0.2, 0) is 17.9 Å². The lowest BCUT2D eigenvalue weighted by atomic mass is 10.2. The van der Waals surface area contributed by atoms with E-state index in [9.17, 15) is 9.90 Å². The lowest BCUT2D eigenvalue weighted by Gasteiger charge is -2.00. The second-order valence-electron chi connectivity index (χ2n) is 4.21. The number of rotatable bonds is 7. The van der Waals surface area contributed by atoms with Gasteiger partial charge in [-0.05, 0) is 18.9 Å². The fraction of sp³-hybridized carbons (Fsp3) is 0.538. The number of allylic oxidation sites excluding steroid dienone is 1. The molecule has 0 aromatic carbocycles. The Bertz CT molecular complexity index is 394. The summed E-state index contributed by atoms with van der Waals surface area (Å²) in [5.41, 5.74) is 0.302. The zero-order valence-electron chi connectivity index (χ0n) is 10.6. The number of carbonyl (C=O) groups excluding carboxylic acids is 1. The normalized spacial score (nSPS) is 11.8. The van der Waals surface area contributed by atoms with Crippen molar-refractivity contribution < 1.29 is 14.5 Å². The third-order valence-corrected chi connectivity index (χ3v) is 2.68. The van der Waals surface area contributed by atoms with Crippen LogP contribution >= 0.6 is 0 Å². The van der Waals surface area contributed by atoms with Crippen LogP contribution in [0.15, 0.2) is 30.4 Å². The van der Waals surface area contributed by atoms with Gasteiger partial charge in [0, 0.05) is 6.42 Å². The standard InChI is InChI=1S/C13H20N2O2/c1-3-4-7-14-9-10-15(11-14)8-5-6-12(2)13(16)17/h6,9-11H,3-5,7-8H2,1-2H3. The highest BCUT2D eigenvalue weighted by molar-refractivity contribution is 5.83. The first kappa shape index (κ1) is 13.5. The molecule has 0 saturated heterocycles. The zero-order valence-corrected chi connectivity index (χ0v) is 10.6. The third kappa shape index (κ3) is 4.85. The fourth-order valence-electron chi connectivity index (χ4n) is 1.56. The summed E-state index contributed by atoms with van der Waals surface area (Å²) in [6.45, 7) is 5.57. The van der Waals surface area contributed by atoms with Gasteiger partial charge in [-0.2, -0.15) is 0 Å². The number of aryl methyl sites for hydroxylation is 2. The molecule has 0 aliphatic heterocycles. The molecule has 4 heteroatoms. The Balaban J connectivity index is 2.39. The molecule has 0 radical (unpaired) electrons. The van der Waals surface area contributed by atoms with E-state index in [-0.39, 0.29) is 0 Å². The monoisotopic (exact) mass is 236 g/mol. The van der Waals surface area contributed by atoms with Crippen LogP contribution in [-0.4, -0.2) is 10.5 Å². The van der Waals surface area contributed by atoms with Gasteiger partial charge in [-0.1, -0.05) is 19.4 Å². The van der Waals surface area contributed by atoms with Gasteiger partial charge in [0.1, 0.15) is 12.4 Å². The number of hydrogen-bond donors (Lipinski definition) is 0. The summed E-state index contributed by atoms with van der Waals surface area (Å²) >= 11 is 0. The maximum Gasteiger partial charge on any atom is 0.243 e. The molecule has 0 N–H and O–H groups in total. The first-order valence-electron chi connectivity index (χ1n) is 6.06. The summed E-state index contributed by atoms with van der Waals surface area (Å²) in [5, 5.41) is 10.5. The SMILES string of the molecule is CCCC[n+]1ccn(CCC=C(C)C(=O)[O-])c1. The Morgan fingerprint density at radius 1 is 1.53 bits per heavy atom. The average molecular weight is 236 g/mol. The summed E-state index contributed by atoms with van der Waals surface area (Å²) in [7, 11) is 0. The van der Waals surface area contributed by atoms with Gasteiger partial charge in [0.25, 0.3) is 0 Å². The largest absolute Gasteiger partial charge is 0.545 e. The van der Waals surface area contributed by atoms with Gasteiger partial charge in [-0.25, -0.2) is 9.13 Å². The number of aliphatic carboxylic acids is 1. The van der Waals surface area contributed by atoms with Crippen molar-refractivity contribution in [3.63, 3.8) is 0 Å². The number of carboxylic acids is 1. The second-order valence-corrected chi connectivity index (χ2v) is 4.21. The van der Waals surface area contributed by atoms with Crippen LogP contribution < -0.4 is 9.67 Å². The summed E-state index contributed by atoms with van der Waals surface area (Å²) in [5.74, 6) is -1.09. The molecule has 0 aliphatic rings. The van der Waals surface area contributed by atoms with Gasteiger partial charge in [-0.3, -0.25) is 0 Å². The number of imidazole rings is 1. The molecule has 1 aromatic rings. The van der Waals surface area contributed by atoms with Crippen molar-refractivity contribution in [2.75, 3.05) is 0 Å². The highest BCUT2D eigenvalue weighted by Crippen LogP contribution is 1.97. The molecule has 0 spiro atoms. The smallest absolute Gasteiger partial charge is 0.243 e. The maximum absolute atomic E-state index is 10.5. The molecule has 17 heavy (non-hydrogen) atoms. The molecular weight excluding hydrogens is 216 g/mol. The van der Waals surface area contributed by atoms with Crippen LogP contribution in [0.1, 0.15) is 33.1 Å². The van der Waals surface area contributed by atoms with E-state index in [1.165, 1.54) is 12.8 Å². The van der Waals surface area contributed by atoms with Crippen molar-refractivity contribution in [3.05, 3.63) is 30.4 Å². The van der Waals surface area contributed by atoms with Crippen molar-refractivity contribution >= 4 is 5.97 Å². The second kappa shape index (κ2) is 6.89. The summed E-state index contributed by atoms with van der Waals surface area (Å²) in [4.78, 5) is 10.5. The van der Waals surface area contributed by atoms with E-state index in [0.29, 0.717) is 12.0 Å². The van der Waals surface area contributed by atoms with Crippen molar-refractivity contribution in [2.45, 2.75) is 46.2 Å². The molecular formula is C13H20N2O2. The quantitative estimate of drug-likeness (QED) is 0.516. The van der Waals surface area contributed by atoms with Gasteiger partial charge in [-0.15, -0.1) is 0 Å². The van der Waals surface area contributed by atoms with Gasteiger partial charge in [0.15, 0.2) is 0 Å². The zero-order chi connectivity index (χ0) is 12.7. The van der Waals surface area contributed by atoms with Gasteiger partial charge in [0.2, 0.25) is 6.33 Å². The number of carbonyl (C=O) groups is 1. The Morgan fingerprint density at radius 2 is 2.29 bits per heavy atom. The Hall–Kier alpha value is -1.58. The van der Waals surface area contributed by atoms with Crippen molar-refractivity contribution in [1.82, 2.24) is 4.57 Å². The number of hydrogen-bond acceptors (Lipinski definition) is 2. The minimum absolute atomic E-state index is 0.302. The van der Waals surface area contributed by atoms with Crippen molar-refractivity contribution in [2.24, 2.45) is 0 Å². The third-order valence-electron chi connectivity index (χ3n) is 2.68. The van der Waals surface area contributed by atoms with E-state index in [2.05, 4.69) is 22.4 Å². The predicted molar refractivity (Wildman–Crippen MR) is 62.9 cm³/mol. The molecule has 1 rings (SSSR count). The molecule has 4 nitrogen and oxygen atoms in total. The molecule has 1 heterocycles. The summed E-state index contributed by atoms with van der Waals surface area (Å²) in [6.07, 6.45) is 10.9. The lowest BCUT2D eigenvalue weighted by molar-refractivity contribution is -0.696. The van der Waals surface area contributed by atoms with Crippen LogP contribution in [0.3, 0.4) is 0 Å². The minimum Gasteiger partial charge on any atom is -0.545 e. The summed E-state index contributed by atoms with van der Waals surface area (Å²) in [6, 6.07) is 0. The molecule has 0 aliphatic carbocycles. The Kier molecular flexibility index (Phi) is 5.46. The number of aromatic nitrogens is 2. The highest BCUT2D eigenvalue weighted by atomic mass is 16.4. The first-order chi connectivity index (χ1) is 8.13. The maximum atomic E-state index is 10.5. The van der Waals surface area contributed by atoms with Crippen LogP contribution in [0.2, 0.25) is 0 Å². The summed E-state index contributed by atoms with van der Waals surface area (Å²) < 4.78 is 4.22. The lowest BCUT2D eigenvalue weighted by Crippen LogP contribution is -2.30. The number of unbranched alkanes of at least 4 members (excludes halogenated alkanes) is 1. The Morgan fingerprint density at radius 3 is 2.94 bits per heavy atom. The van der Waals surface area contributed by atoms with Gasteiger partial charge in [0.05, 0.1) is 19.1 Å². The van der Waals surface area contributed by atoms with Gasteiger partial charge >= 0.3 is 0 Å². The van der Waals surface area contributed by atoms with Crippen LogP contribution in [0.5, 0.6) is 0 Å². The van der Waals surface area contributed by atoms with Crippen molar-refractivity contribution in [1.29, 1.82) is 0 Å². The molecule has 0 unspecified atom stereocenters. The van der Waals surface area contributed by atoms with Gasteiger partial charge < -0.3 is 9.90 Å². The predicted octanol–water partition coefficient (Wildman–Crippen LogP) is 0.662. The highest BCUT2D eigenvalue weighted by Gasteiger charge is 2.01. The number of carboxylic acid groups (broad SMARTS) is 1. The number of nitrogens with zero attached hydrogens (tertiary/aromatic N) is 2. The van der Waals surface area contributed by atoms with E-state index >= 15 is 0 Å². The van der Waals surface area contributed by atoms with Crippen LogP contribution in [0.25, 0.3) is 0 Å². The van der Waals surface area contributed by atoms with E-state index in [1.54, 1.807) is 13.0 Å². The molecule has 94 valence electrons. The Labute approximate surface area is 102 Å². The average Bonchev–Trinajstić information content (AvgIpc) is 2.74. The molecule has 0 fully saturated rings. The molecule has 0 amide bonds. The van der Waals surface area contributed by atoms with E-state index in [4.69, 9.17) is 0 Å². The minimum atomic E-state index is -1.09. The van der Waals surface area contributed by atoms with Crippen LogP contribution in [0.4, 0.5) is 0 Å². The van der Waals surface area contributed by atoms with E-state index in [1.807, 2.05) is 12.4 Å². The molecule has 0 bridgehead atoms. The van der Waals surface area contributed by atoms with Crippen LogP contribution in [0, 0.1) is 0 Å². The van der Waals surface area contributed by atoms with E-state index in [0.717, 1.165) is 13.1 Å². The topological polar surface area (TPSA) is 48.9 Å². The fourth-order valence-corrected chi connectivity index (χ4v) is 1.56. The molecule has 0 atom stereocenters. The molecule has 0 saturated carbocycles. The van der Waals surface area contributed by atoms with Crippen molar-refractivity contribution in [3.8, 4) is 0 Å². The molecule has 1 aromatic heterocycles. The first-order valence-corrected chi connectivity index (χ1v) is 6.06. The van der Waals surface area contributed by atoms with E-state index < -0.39 is 5.97 Å².